The molecule has 0 spiro atoms. The van der Waals surface area contributed by atoms with Crippen molar-refractivity contribution in [2.24, 2.45) is 5.92 Å². The molecular formula is C63H54N7O8S+. The van der Waals surface area contributed by atoms with Crippen LogP contribution in [0.2, 0.25) is 0 Å². The summed E-state index contributed by atoms with van der Waals surface area (Å²) in [6.07, 6.45) is 3.96. The van der Waals surface area contributed by atoms with Gasteiger partial charge in [0.15, 0.2) is 5.39 Å². The molecule has 2 aliphatic heterocycles. The molecule has 0 unspecified atom stereocenters. The molecule has 394 valence electrons. The van der Waals surface area contributed by atoms with Crippen molar-refractivity contribution in [1.82, 2.24) is 20.2 Å². The van der Waals surface area contributed by atoms with Crippen LogP contribution in [0, 0.1) is 5.92 Å². The Balaban J connectivity index is 0.000000129. The predicted octanol–water partition coefficient (Wildman–Crippen LogP) is 14.3. The van der Waals surface area contributed by atoms with Crippen LogP contribution in [0.1, 0.15) is 47.6 Å². The second-order valence-electron chi connectivity index (χ2n) is 18.2. The van der Waals surface area contributed by atoms with Crippen LogP contribution in [0.5, 0.6) is 17.6 Å². The number of anilines is 3. The van der Waals surface area contributed by atoms with E-state index in [0.29, 0.717) is 28.6 Å². The standard InChI is InChI=1S/C19H12N2O3.C17H13NO2.C15H11N3O2.C12H17NOS/c22-17-16-14(12-7-3-1-4-8-12)11-15(13-9-5-2-6-10-13)24-18(16)21-19(23)20-17;19-17-14(13-3-1-2-4-15(13)18-17)10-11-5-6-16-12(9-11)7-8-20-16;19-13(16-12-9-5-2-6-10-12)15-18-17-14(20-15)11-7-3-1-4-8-11;1-10(2)8-9-15-12(14)13-11-6-4-3-5-7-11/h1-11H,(H-,20,21,22,23);1-6,9-10H,7-8H2,(H,18,19);1-10H,(H,16,19);3-7,10H,8-9H2,1-2H3,(H,13,14)/p+1. The third-order valence-electron chi connectivity index (χ3n) is 12.1. The summed E-state index contributed by atoms with van der Waals surface area (Å²) in [5, 5.41) is 36.2. The molecule has 10 aromatic rings. The summed E-state index contributed by atoms with van der Waals surface area (Å²) in [5.74, 6) is 2.56. The van der Waals surface area contributed by atoms with E-state index in [1.165, 1.54) is 17.3 Å². The third kappa shape index (κ3) is 14.5. The molecule has 0 fully saturated rings. The fourth-order valence-electron chi connectivity index (χ4n) is 8.18. The van der Waals surface area contributed by atoms with Crippen LogP contribution in [-0.4, -0.2) is 59.8 Å². The minimum absolute atomic E-state index is 0.0295. The van der Waals surface area contributed by atoms with Crippen molar-refractivity contribution in [2.75, 3.05) is 28.3 Å². The lowest BCUT2D eigenvalue weighted by molar-refractivity contribution is -0.110. The van der Waals surface area contributed by atoms with Gasteiger partial charge in [0, 0.05) is 51.5 Å². The molecule has 2 aliphatic rings. The molecule has 0 bridgehead atoms. The Morgan fingerprint density at radius 3 is 1.97 bits per heavy atom. The van der Waals surface area contributed by atoms with Gasteiger partial charge >= 0.3 is 29.3 Å². The number of ether oxygens (including phenoxy) is 1. The number of aromatic hydroxyl groups is 2. The van der Waals surface area contributed by atoms with E-state index in [1.54, 1.807) is 12.1 Å². The lowest BCUT2D eigenvalue weighted by atomic mass is 10.0. The first-order valence-electron chi connectivity index (χ1n) is 25.3. The molecule has 3 aromatic heterocycles. The smallest absolute Gasteiger partial charge is 0.471 e. The zero-order valence-corrected chi connectivity index (χ0v) is 43.9. The van der Waals surface area contributed by atoms with E-state index in [1.807, 2.05) is 188 Å². The van der Waals surface area contributed by atoms with Crippen molar-refractivity contribution in [3.63, 3.8) is 0 Å². The van der Waals surface area contributed by atoms with Crippen molar-refractivity contribution in [2.45, 2.75) is 26.7 Å². The average molecular weight is 1070 g/mol. The Morgan fingerprint density at radius 1 is 0.696 bits per heavy atom. The maximum atomic E-state index is 12.1. The number of thioether (sulfide) groups is 1. The van der Waals surface area contributed by atoms with E-state index in [0.717, 1.165) is 81.3 Å². The molecule has 15 nitrogen and oxygen atoms in total. The van der Waals surface area contributed by atoms with Crippen LogP contribution in [-0.2, 0) is 11.2 Å². The summed E-state index contributed by atoms with van der Waals surface area (Å²) in [4.78, 5) is 43.0. The van der Waals surface area contributed by atoms with Crippen molar-refractivity contribution < 1.29 is 38.2 Å². The molecule has 5 heterocycles. The number of hydrogen-bond donors (Lipinski definition) is 5. The van der Waals surface area contributed by atoms with Crippen molar-refractivity contribution in [3.05, 3.63) is 223 Å². The quantitative estimate of drug-likeness (QED) is 0.0638. The third-order valence-corrected chi connectivity index (χ3v) is 12.9. The van der Waals surface area contributed by atoms with E-state index in [4.69, 9.17) is 13.6 Å². The molecular weight excluding hydrogens is 1010 g/mol. The number of nitrogens with zero attached hydrogens (tertiary/aromatic N) is 4. The number of carbonyl (C=O) groups is 3. The zero-order valence-electron chi connectivity index (χ0n) is 43.1. The number of benzene rings is 7. The van der Waals surface area contributed by atoms with E-state index < -0.39 is 11.9 Å². The zero-order chi connectivity index (χ0) is 54.9. The first-order valence-corrected chi connectivity index (χ1v) is 26.3. The fourth-order valence-corrected chi connectivity index (χ4v) is 9.15. The number of aromatic nitrogens is 4. The minimum Gasteiger partial charge on any atom is -0.493 e. The normalized spacial score (nSPS) is 12.3. The van der Waals surface area contributed by atoms with Crippen LogP contribution in [0.4, 0.5) is 21.9 Å². The van der Waals surface area contributed by atoms with Crippen LogP contribution in [0.3, 0.4) is 0 Å². The molecule has 79 heavy (non-hydrogen) atoms. The topological polar surface area (TPSA) is 213 Å². The van der Waals surface area contributed by atoms with Gasteiger partial charge in [-0.3, -0.25) is 14.4 Å². The summed E-state index contributed by atoms with van der Waals surface area (Å²) in [7, 11) is 0. The molecule has 5 N–H and O–H groups in total. The van der Waals surface area contributed by atoms with Gasteiger partial charge < -0.3 is 35.3 Å². The van der Waals surface area contributed by atoms with Gasteiger partial charge in [-0.15, -0.1) is 15.2 Å². The lowest BCUT2D eigenvalue weighted by Crippen LogP contribution is -2.12. The van der Waals surface area contributed by atoms with E-state index in [2.05, 4.69) is 56.0 Å². The van der Waals surface area contributed by atoms with Gasteiger partial charge in [0.2, 0.25) is 11.8 Å². The van der Waals surface area contributed by atoms with Gasteiger partial charge in [0.25, 0.3) is 11.1 Å². The van der Waals surface area contributed by atoms with Gasteiger partial charge in [-0.2, -0.15) is 9.40 Å². The number of carbonyl (C=O) groups excluding carboxylic acids is 3. The molecule has 0 saturated heterocycles. The SMILES string of the molecule is CC(C)CCSC(=O)Nc1ccccc1.O=C(Nc1ccccc1)c1nnc(-c2ccccc2)o1.O=C1Nc2ccccc2C1=Cc1ccc2c(c1)CCO2.Oc1nc(O)c2c(-c3ccccc3)cc(-c3ccccc3)[o+]c2n1. The summed E-state index contributed by atoms with van der Waals surface area (Å²) in [6.45, 7) is 5.07. The highest BCUT2D eigenvalue weighted by atomic mass is 32.2. The summed E-state index contributed by atoms with van der Waals surface area (Å²) >= 11 is 1.35. The van der Waals surface area contributed by atoms with Crippen LogP contribution in [0.25, 0.3) is 56.7 Å². The summed E-state index contributed by atoms with van der Waals surface area (Å²) in [5.41, 5.74) is 9.75. The van der Waals surface area contributed by atoms with Crippen molar-refractivity contribution >= 4 is 68.6 Å². The second-order valence-corrected chi connectivity index (χ2v) is 19.3. The van der Waals surface area contributed by atoms with Crippen LogP contribution in [0.15, 0.2) is 209 Å². The maximum Gasteiger partial charge on any atom is 0.471 e. The number of para-hydroxylation sites is 3. The molecule has 0 atom stereocenters. The first-order chi connectivity index (χ1) is 38.5. The van der Waals surface area contributed by atoms with Gasteiger partial charge in [-0.25, -0.2) is 0 Å². The molecule has 0 aliphatic carbocycles. The van der Waals surface area contributed by atoms with Crippen LogP contribution >= 0.6 is 11.8 Å². The van der Waals surface area contributed by atoms with E-state index in [9.17, 15) is 24.6 Å². The monoisotopic (exact) mass is 1070 g/mol. The number of nitrogens with one attached hydrogen (secondary N) is 3. The average Bonchev–Trinajstić information content (AvgIpc) is 4.28. The fraction of sp³-hybridized carbons (Fsp3) is 0.111. The van der Waals surface area contributed by atoms with Crippen molar-refractivity contribution in [3.8, 4) is 51.5 Å². The van der Waals surface area contributed by atoms with Gasteiger partial charge in [0.1, 0.15) is 5.75 Å². The molecule has 0 radical (unpaired) electrons. The highest BCUT2D eigenvalue weighted by molar-refractivity contribution is 8.13. The summed E-state index contributed by atoms with van der Waals surface area (Å²) in [6, 6.07) is 62.2. The molecule has 7 aromatic carbocycles. The molecule has 12 rings (SSSR count). The largest absolute Gasteiger partial charge is 0.493 e. The lowest BCUT2D eigenvalue weighted by Gasteiger charge is -2.05. The minimum atomic E-state index is -0.534. The maximum absolute atomic E-state index is 12.1. The van der Waals surface area contributed by atoms with E-state index in [-0.39, 0.29) is 28.6 Å². The van der Waals surface area contributed by atoms with Crippen molar-refractivity contribution in [1.29, 1.82) is 0 Å². The highest BCUT2D eigenvalue weighted by Gasteiger charge is 2.27. The predicted molar refractivity (Wildman–Crippen MR) is 310 cm³/mol. The van der Waals surface area contributed by atoms with Crippen LogP contribution < -0.4 is 20.7 Å². The number of rotatable bonds is 10. The Labute approximate surface area is 460 Å². The first kappa shape index (κ1) is 53.9. The second kappa shape index (κ2) is 26.2. The Hall–Kier alpha value is -9.93. The van der Waals surface area contributed by atoms with Gasteiger partial charge in [-0.1, -0.05) is 153 Å². The molecule has 16 heteroatoms. The van der Waals surface area contributed by atoms with Gasteiger partial charge in [0.05, 0.1) is 18.2 Å². The Bertz CT molecular complexity index is 3720. The number of amides is 3. The number of hydrogen-bond acceptors (Lipinski definition) is 12. The Kier molecular flexibility index (Phi) is 17.9. The molecule has 3 amide bonds. The Morgan fingerprint density at radius 2 is 1.30 bits per heavy atom. The summed E-state index contributed by atoms with van der Waals surface area (Å²) < 4.78 is 16.7. The highest BCUT2D eigenvalue weighted by Crippen LogP contribution is 2.38. The van der Waals surface area contributed by atoms with Gasteiger partial charge in [-0.05, 0) is 102 Å². The number of fused-ring (bicyclic) bond motifs is 3. The van der Waals surface area contributed by atoms with E-state index >= 15 is 0 Å². The molecule has 0 saturated carbocycles.